The lowest BCUT2D eigenvalue weighted by molar-refractivity contribution is -0.143. The highest BCUT2D eigenvalue weighted by molar-refractivity contribution is 5.94. The molecular formula is C36H42N4O5. The molecule has 236 valence electrons. The maximum Gasteiger partial charge on any atom is 0.307 e. The van der Waals surface area contributed by atoms with Crippen molar-refractivity contribution in [2.45, 2.75) is 65.8 Å². The molecule has 0 fully saturated rings. The molecule has 45 heavy (non-hydrogen) atoms. The fourth-order valence-electron chi connectivity index (χ4n) is 5.30. The number of hydrogen-bond acceptors (Lipinski definition) is 8. The van der Waals surface area contributed by atoms with Crippen LogP contribution in [0.25, 0.3) is 11.0 Å². The molecule has 0 spiro atoms. The summed E-state index contributed by atoms with van der Waals surface area (Å²) < 4.78 is 17.4. The van der Waals surface area contributed by atoms with Crippen molar-refractivity contribution in [2.75, 3.05) is 25.5 Å². The Hall–Kier alpha value is -4.84. The smallest absolute Gasteiger partial charge is 0.307 e. The highest BCUT2D eigenvalue weighted by atomic mass is 16.5. The molecule has 2 atom stereocenters. The molecule has 2 unspecified atom stereocenters. The number of ether oxygens (including phenoxy) is 2. The number of nitrogens with zero attached hydrogens (tertiary/aromatic N) is 3. The third kappa shape index (κ3) is 8.42. The van der Waals surface area contributed by atoms with E-state index < -0.39 is 0 Å². The first-order valence-corrected chi connectivity index (χ1v) is 15.6. The van der Waals surface area contributed by atoms with Crippen LogP contribution in [-0.2, 0) is 9.53 Å². The van der Waals surface area contributed by atoms with Crippen LogP contribution in [0.3, 0.4) is 0 Å². The van der Waals surface area contributed by atoms with Crippen LogP contribution < -0.4 is 10.1 Å². The quantitative estimate of drug-likeness (QED) is 0.106. The average Bonchev–Trinajstić information content (AvgIpc) is 3.37. The largest absolute Gasteiger partial charge is 0.466 e. The lowest BCUT2D eigenvalue weighted by atomic mass is 9.91. The highest BCUT2D eigenvalue weighted by Crippen LogP contribution is 2.38. The first-order valence-electron chi connectivity index (χ1n) is 15.6. The van der Waals surface area contributed by atoms with Crippen LogP contribution in [-0.4, -0.2) is 42.0 Å². The molecule has 9 nitrogen and oxygen atoms in total. The molecule has 4 rings (SSSR count). The van der Waals surface area contributed by atoms with Crippen molar-refractivity contribution < 1.29 is 23.5 Å². The van der Waals surface area contributed by atoms with Crippen LogP contribution in [0.1, 0.15) is 86.2 Å². The van der Waals surface area contributed by atoms with Gasteiger partial charge in [0.25, 0.3) is 5.91 Å². The van der Waals surface area contributed by atoms with Gasteiger partial charge in [-0.1, -0.05) is 33.1 Å². The molecule has 0 bridgehead atoms. The number of amides is 1. The van der Waals surface area contributed by atoms with E-state index in [4.69, 9.17) is 13.9 Å². The van der Waals surface area contributed by atoms with Crippen molar-refractivity contribution >= 4 is 28.5 Å². The van der Waals surface area contributed by atoms with E-state index in [0.29, 0.717) is 23.5 Å². The van der Waals surface area contributed by atoms with E-state index in [-0.39, 0.29) is 42.7 Å². The van der Waals surface area contributed by atoms with E-state index in [9.17, 15) is 14.9 Å². The summed E-state index contributed by atoms with van der Waals surface area (Å²) in [7, 11) is 1.68. The topological polar surface area (TPSA) is 118 Å². The van der Waals surface area contributed by atoms with Gasteiger partial charge in [-0.3, -0.25) is 9.59 Å². The third-order valence-corrected chi connectivity index (χ3v) is 7.92. The molecule has 1 N–H and O–H groups in total. The van der Waals surface area contributed by atoms with Gasteiger partial charge in [0.2, 0.25) is 5.88 Å². The van der Waals surface area contributed by atoms with E-state index in [1.165, 1.54) is 4.90 Å². The van der Waals surface area contributed by atoms with Gasteiger partial charge in [-0.25, -0.2) is 4.98 Å². The molecule has 0 radical (unpaired) electrons. The highest BCUT2D eigenvalue weighted by Gasteiger charge is 2.26. The Balaban J connectivity index is 1.56. The fourth-order valence-corrected chi connectivity index (χ4v) is 5.30. The van der Waals surface area contributed by atoms with Gasteiger partial charge in [0, 0.05) is 42.0 Å². The van der Waals surface area contributed by atoms with E-state index in [0.717, 1.165) is 53.7 Å². The predicted molar refractivity (Wildman–Crippen MR) is 174 cm³/mol. The van der Waals surface area contributed by atoms with Gasteiger partial charge in [-0.15, -0.1) is 0 Å². The van der Waals surface area contributed by atoms with Crippen molar-refractivity contribution in [2.24, 2.45) is 5.92 Å². The summed E-state index contributed by atoms with van der Waals surface area (Å²) in [6.07, 6.45) is 6.19. The molecule has 1 amide bonds. The zero-order chi connectivity index (χ0) is 32.3. The summed E-state index contributed by atoms with van der Waals surface area (Å²) in [5.41, 5.74) is 3.53. The second kappa shape index (κ2) is 15.8. The first-order chi connectivity index (χ1) is 21.7. The fraction of sp³-hybridized carbons (Fsp3) is 0.389. The van der Waals surface area contributed by atoms with Gasteiger partial charge in [-0.05, 0) is 80.8 Å². The van der Waals surface area contributed by atoms with E-state index in [2.05, 4.69) is 30.2 Å². The maximum absolute atomic E-state index is 13.0. The zero-order valence-electron chi connectivity index (χ0n) is 26.8. The Morgan fingerprint density at radius 3 is 2.60 bits per heavy atom. The Labute approximate surface area is 265 Å². The lowest BCUT2D eigenvalue weighted by Crippen LogP contribution is -2.29. The molecule has 0 saturated heterocycles. The Bertz CT molecular complexity index is 1640. The minimum atomic E-state index is -0.318. The number of nitrogens with one attached hydrogen (secondary N) is 1. The number of carbonyl (C=O) groups is 2. The second-order valence-corrected chi connectivity index (χ2v) is 11.3. The van der Waals surface area contributed by atoms with Crippen LogP contribution in [0.5, 0.6) is 11.6 Å². The molecule has 0 saturated carbocycles. The molecule has 2 heterocycles. The number of nitriles is 1. The number of carbonyl (C=O) groups excluding carboxylic acids is 2. The molecule has 4 aromatic rings. The maximum atomic E-state index is 13.0. The number of unbranched alkanes of at least 4 members (excludes halogenated alkanes) is 2. The van der Waals surface area contributed by atoms with Crippen molar-refractivity contribution in [3.63, 3.8) is 0 Å². The summed E-state index contributed by atoms with van der Waals surface area (Å²) in [4.78, 5) is 30.4. The number of rotatable bonds is 15. The number of esters is 1. The van der Waals surface area contributed by atoms with Gasteiger partial charge in [-0.2, -0.15) is 5.26 Å². The Morgan fingerprint density at radius 2 is 1.89 bits per heavy atom. The molecule has 0 aliphatic carbocycles. The Kier molecular flexibility index (Phi) is 11.6. The summed E-state index contributed by atoms with van der Waals surface area (Å²) in [5, 5.41) is 14.0. The number of hydrogen-bond donors (Lipinski definition) is 1. The van der Waals surface area contributed by atoms with Gasteiger partial charge < -0.3 is 24.1 Å². The average molecular weight is 611 g/mol. The first kappa shape index (κ1) is 33.1. The number of benzene rings is 2. The van der Waals surface area contributed by atoms with Crippen molar-refractivity contribution in [3.05, 3.63) is 83.2 Å². The minimum absolute atomic E-state index is 0.117. The number of fused-ring (bicyclic) bond motifs is 1. The minimum Gasteiger partial charge on any atom is -0.466 e. The van der Waals surface area contributed by atoms with Crippen LogP contribution in [0.15, 0.2) is 65.2 Å². The van der Waals surface area contributed by atoms with Crippen LogP contribution in [0, 0.1) is 24.2 Å². The second-order valence-electron chi connectivity index (χ2n) is 11.3. The molecule has 9 heteroatoms. The number of aromatic nitrogens is 1. The standard InChI is InChI=1S/C36H42N4O5/c1-6-8-9-11-24(3)33(39-28-15-13-26(14-16-28)36(42)40(5)21-19-32(41)43-7-2)34-25(4)30-22-29(17-18-31(30)45-34)44-35-27(23-37)12-10-20-38-35/h10,12-18,20,22,24,33,39H,6-9,11,19,21H2,1-5H3. The number of furan rings is 1. The van der Waals surface area contributed by atoms with Gasteiger partial charge in [0.15, 0.2) is 0 Å². The van der Waals surface area contributed by atoms with Gasteiger partial charge in [0.1, 0.15) is 28.7 Å². The molecule has 0 aliphatic rings. The van der Waals surface area contributed by atoms with E-state index in [1.807, 2.05) is 37.3 Å². The third-order valence-electron chi connectivity index (χ3n) is 7.92. The van der Waals surface area contributed by atoms with Crippen LogP contribution in [0.4, 0.5) is 5.69 Å². The SMILES string of the molecule is CCCCCC(C)C(Nc1ccc(C(=O)N(C)CCC(=O)OCC)cc1)c1oc2ccc(Oc3ncccc3C#N)cc2c1C. The lowest BCUT2D eigenvalue weighted by Gasteiger charge is -2.25. The zero-order valence-corrected chi connectivity index (χ0v) is 26.8. The summed E-state index contributed by atoms with van der Waals surface area (Å²) in [6, 6.07) is 18.4. The molecule has 2 aromatic heterocycles. The van der Waals surface area contributed by atoms with Gasteiger partial charge in [0.05, 0.1) is 19.1 Å². The summed E-state index contributed by atoms with van der Waals surface area (Å²) in [5.74, 6) is 1.46. The number of pyridine rings is 1. The Morgan fingerprint density at radius 1 is 1.11 bits per heavy atom. The van der Waals surface area contributed by atoms with Crippen molar-refractivity contribution in [1.29, 1.82) is 5.26 Å². The van der Waals surface area contributed by atoms with Crippen LogP contribution in [0.2, 0.25) is 0 Å². The predicted octanol–water partition coefficient (Wildman–Crippen LogP) is 8.20. The van der Waals surface area contributed by atoms with E-state index in [1.54, 1.807) is 44.4 Å². The monoisotopic (exact) mass is 610 g/mol. The van der Waals surface area contributed by atoms with Crippen LogP contribution >= 0.6 is 0 Å². The van der Waals surface area contributed by atoms with Crippen molar-refractivity contribution in [3.8, 4) is 17.7 Å². The summed E-state index contributed by atoms with van der Waals surface area (Å²) in [6.45, 7) is 8.85. The summed E-state index contributed by atoms with van der Waals surface area (Å²) >= 11 is 0. The normalized spacial score (nSPS) is 12.3. The molecular weight excluding hydrogens is 568 g/mol. The van der Waals surface area contributed by atoms with Crippen molar-refractivity contribution in [1.82, 2.24) is 9.88 Å². The van der Waals surface area contributed by atoms with Gasteiger partial charge >= 0.3 is 5.97 Å². The number of aryl methyl sites for hydroxylation is 1. The number of anilines is 1. The molecule has 2 aromatic carbocycles. The van der Waals surface area contributed by atoms with E-state index >= 15 is 0 Å². The molecule has 0 aliphatic heterocycles.